The molecular weight excluding hydrogens is 262 g/mol. The van der Waals surface area contributed by atoms with E-state index in [1.807, 2.05) is 0 Å². The summed E-state index contributed by atoms with van der Waals surface area (Å²) in [5.74, 6) is 2.10. The van der Waals surface area contributed by atoms with Gasteiger partial charge in [-0.25, -0.2) is 0 Å². The standard InChI is InChI=1S/C17H31N3O/c1-5-20-10-6-7-15(20)12-19(4)13-17-9-8-16(21-17)11-18-14(2)3/h8-9,14-15,18H,5-7,10-13H2,1-4H3. The predicted molar refractivity (Wildman–Crippen MR) is 87.3 cm³/mol. The zero-order valence-electron chi connectivity index (χ0n) is 14.1. The van der Waals surface area contributed by atoms with Crippen molar-refractivity contribution in [3.8, 4) is 0 Å². The van der Waals surface area contributed by atoms with Crippen molar-refractivity contribution in [2.45, 2.75) is 58.8 Å². The molecule has 1 aromatic rings. The summed E-state index contributed by atoms with van der Waals surface area (Å²) in [6.45, 7) is 11.8. The van der Waals surface area contributed by atoms with Gasteiger partial charge in [-0.05, 0) is 45.1 Å². The van der Waals surface area contributed by atoms with Gasteiger partial charge in [-0.1, -0.05) is 20.8 Å². The van der Waals surface area contributed by atoms with Gasteiger partial charge in [0.25, 0.3) is 0 Å². The maximum absolute atomic E-state index is 5.90. The second-order valence-electron chi connectivity index (χ2n) is 6.53. The van der Waals surface area contributed by atoms with E-state index in [0.717, 1.165) is 37.2 Å². The molecule has 4 heteroatoms. The van der Waals surface area contributed by atoms with Crippen molar-refractivity contribution in [3.63, 3.8) is 0 Å². The molecule has 1 unspecified atom stereocenters. The van der Waals surface area contributed by atoms with Gasteiger partial charge in [-0.2, -0.15) is 0 Å². The maximum Gasteiger partial charge on any atom is 0.118 e. The van der Waals surface area contributed by atoms with Gasteiger partial charge in [0.05, 0.1) is 13.1 Å². The van der Waals surface area contributed by atoms with Crippen LogP contribution in [0.1, 0.15) is 45.1 Å². The minimum Gasteiger partial charge on any atom is -0.463 e. The van der Waals surface area contributed by atoms with Crippen LogP contribution in [0.3, 0.4) is 0 Å². The first kappa shape index (κ1) is 16.5. The van der Waals surface area contributed by atoms with E-state index in [4.69, 9.17) is 4.42 Å². The molecule has 2 heterocycles. The Bertz CT molecular complexity index is 416. The van der Waals surface area contributed by atoms with E-state index in [1.165, 1.54) is 25.9 Å². The van der Waals surface area contributed by atoms with Crippen molar-refractivity contribution >= 4 is 0 Å². The Morgan fingerprint density at radius 3 is 2.86 bits per heavy atom. The molecule has 0 bridgehead atoms. The SMILES string of the molecule is CCN1CCCC1CN(C)Cc1ccc(CNC(C)C)o1. The molecule has 0 aliphatic carbocycles. The second-order valence-corrected chi connectivity index (χ2v) is 6.53. The van der Waals surface area contributed by atoms with Crippen LogP contribution in [0.25, 0.3) is 0 Å². The first-order valence-electron chi connectivity index (χ1n) is 8.32. The zero-order valence-corrected chi connectivity index (χ0v) is 14.1. The number of nitrogens with zero attached hydrogens (tertiary/aromatic N) is 2. The second kappa shape index (κ2) is 7.97. The number of hydrogen-bond acceptors (Lipinski definition) is 4. The number of likely N-dealkylation sites (tertiary alicyclic amines) is 1. The fraction of sp³-hybridized carbons (Fsp3) is 0.765. The molecule has 0 aromatic carbocycles. The smallest absolute Gasteiger partial charge is 0.118 e. The molecule has 1 aromatic heterocycles. The lowest BCUT2D eigenvalue weighted by Crippen LogP contribution is -2.38. The van der Waals surface area contributed by atoms with Gasteiger partial charge in [0, 0.05) is 18.6 Å². The van der Waals surface area contributed by atoms with E-state index in [1.54, 1.807) is 0 Å². The van der Waals surface area contributed by atoms with E-state index in [-0.39, 0.29) is 0 Å². The van der Waals surface area contributed by atoms with Crippen LogP contribution in [0.2, 0.25) is 0 Å². The van der Waals surface area contributed by atoms with Crippen LogP contribution < -0.4 is 5.32 Å². The number of rotatable bonds is 8. The van der Waals surface area contributed by atoms with Crippen molar-refractivity contribution in [1.82, 2.24) is 15.1 Å². The Kier molecular flexibility index (Phi) is 6.27. The largest absolute Gasteiger partial charge is 0.463 e. The monoisotopic (exact) mass is 293 g/mol. The van der Waals surface area contributed by atoms with Gasteiger partial charge < -0.3 is 9.73 Å². The fourth-order valence-electron chi connectivity index (χ4n) is 3.12. The van der Waals surface area contributed by atoms with Gasteiger partial charge in [0.1, 0.15) is 11.5 Å². The van der Waals surface area contributed by atoms with Crippen LogP contribution in [0.5, 0.6) is 0 Å². The first-order valence-corrected chi connectivity index (χ1v) is 8.32. The molecule has 120 valence electrons. The third-order valence-corrected chi connectivity index (χ3v) is 4.26. The Morgan fingerprint density at radius 1 is 1.38 bits per heavy atom. The average Bonchev–Trinajstić information content (AvgIpc) is 3.05. The predicted octanol–water partition coefficient (Wildman–Crippen LogP) is 2.69. The maximum atomic E-state index is 5.90. The molecule has 0 radical (unpaired) electrons. The van der Waals surface area contributed by atoms with Crippen LogP contribution in [-0.4, -0.2) is 48.6 Å². The molecule has 1 aliphatic rings. The molecule has 0 spiro atoms. The quantitative estimate of drug-likeness (QED) is 0.798. The molecule has 4 nitrogen and oxygen atoms in total. The lowest BCUT2D eigenvalue weighted by Gasteiger charge is -2.27. The van der Waals surface area contributed by atoms with Crippen molar-refractivity contribution in [3.05, 3.63) is 23.7 Å². The van der Waals surface area contributed by atoms with Gasteiger partial charge in [0.2, 0.25) is 0 Å². The minimum absolute atomic E-state index is 0.489. The Morgan fingerprint density at radius 2 is 2.14 bits per heavy atom. The van der Waals surface area contributed by atoms with Gasteiger partial charge >= 0.3 is 0 Å². The highest BCUT2D eigenvalue weighted by Gasteiger charge is 2.24. The summed E-state index contributed by atoms with van der Waals surface area (Å²) >= 11 is 0. The van der Waals surface area contributed by atoms with Gasteiger partial charge in [-0.3, -0.25) is 9.80 Å². The third-order valence-electron chi connectivity index (χ3n) is 4.26. The van der Waals surface area contributed by atoms with E-state index >= 15 is 0 Å². The summed E-state index contributed by atoms with van der Waals surface area (Å²) in [6.07, 6.45) is 2.68. The van der Waals surface area contributed by atoms with Crippen LogP contribution in [0.15, 0.2) is 16.5 Å². The molecule has 2 rings (SSSR count). The van der Waals surface area contributed by atoms with Crippen molar-refractivity contribution in [1.29, 1.82) is 0 Å². The summed E-state index contributed by atoms with van der Waals surface area (Å²) in [7, 11) is 2.20. The van der Waals surface area contributed by atoms with Crippen LogP contribution in [0, 0.1) is 0 Å². The van der Waals surface area contributed by atoms with Crippen molar-refractivity contribution in [2.75, 3.05) is 26.7 Å². The summed E-state index contributed by atoms with van der Waals surface area (Å²) in [5.41, 5.74) is 0. The molecule has 0 saturated carbocycles. The molecular formula is C17H31N3O. The average molecular weight is 293 g/mol. The lowest BCUT2D eigenvalue weighted by molar-refractivity contribution is 0.187. The normalized spacial score (nSPS) is 20.0. The topological polar surface area (TPSA) is 31.6 Å². The molecule has 1 N–H and O–H groups in total. The molecule has 21 heavy (non-hydrogen) atoms. The highest BCUT2D eigenvalue weighted by Crippen LogP contribution is 2.18. The number of furan rings is 1. The third kappa shape index (κ3) is 5.13. The number of nitrogens with one attached hydrogen (secondary N) is 1. The molecule has 1 fully saturated rings. The molecule has 1 saturated heterocycles. The van der Waals surface area contributed by atoms with Crippen molar-refractivity contribution < 1.29 is 4.42 Å². The molecule has 1 atom stereocenters. The summed E-state index contributed by atoms with van der Waals surface area (Å²) in [5, 5.41) is 3.39. The Labute approximate surface area is 129 Å². The van der Waals surface area contributed by atoms with Crippen LogP contribution >= 0.6 is 0 Å². The van der Waals surface area contributed by atoms with E-state index in [2.05, 4.69) is 55.1 Å². The Hall–Kier alpha value is -0.840. The zero-order chi connectivity index (χ0) is 15.2. The highest BCUT2D eigenvalue weighted by atomic mass is 16.3. The fourth-order valence-corrected chi connectivity index (χ4v) is 3.12. The molecule has 1 aliphatic heterocycles. The van der Waals surface area contributed by atoms with Gasteiger partial charge in [-0.15, -0.1) is 0 Å². The summed E-state index contributed by atoms with van der Waals surface area (Å²) < 4.78 is 5.90. The molecule has 0 amide bonds. The number of hydrogen-bond donors (Lipinski definition) is 1. The lowest BCUT2D eigenvalue weighted by atomic mass is 10.2. The minimum atomic E-state index is 0.489. The van der Waals surface area contributed by atoms with E-state index in [0.29, 0.717) is 6.04 Å². The highest BCUT2D eigenvalue weighted by molar-refractivity contribution is 5.07. The number of likely N-dealkylation sites (N-methyl/N-ethyl adjacent to an activating group) is 2. The Balaban J connectivity index is 1.78. The van der Waals surface area contributed by atoms with Crippen LogP contribution in [0.4, 0.5) is 0 Å². The van der Waals surface area contributed by atoms with Crippen molar-refractivity contribution in [2.24, 2.45) is 0 Å². The first-order chi connectivity index (χ1) is 10.1. The summed E-state index contributed by atoms with van der Waals surface area (Å²) in [4.78, 5) is 4.98. The van der Waals surface area contributed by atoms with Gasteiger partial charge in [0.15, 0.2) is 0 Å². The van der Waals surface area contributed by atoms with Crippen LogP contribution in [-0.2, 0) is 13.1 Å². The van der Waals surface area contributed by atoms with E-state index in [9.17, 15) is 0 Å². The summed E-state index contributed by atoms with van der Waals surface area (Å²) in [6, 6.07) is 5.41. The van der Waals surface area contributed by atoms with E-state index < -0.39 is 0 Å².